The maximum absolute atomic E-state index is 13.9. The van der Waals surface area contributed by atoms with E-state index in [9.17, 15) is 18.3 Å². The van der Waals surface area contributed by atoms with E-state index in [1.807, 2.05) is 55.5 Å². The van der Waals surface area contributed by atoms with Crippen molar-refractivity contribution in [3.05, 3.63) is 83.0 Å². The predicted octanol–water partition coefficient (Wildman–Crippen LogP) is 4.70. The fourth-order valence-corrected chi connectivity index (χ4v) is 6.91. The quantitative estimate of drug-likeness (QED) is 0.412. The highest BCUT2D eigenvalue weighted by Crippen LogP contribution is 2.47. The van der Waals surface area contributed by atoms with E-state index in [1.54, 1.807) is 17.7 Å². The van der Waals surface area contributed by atoms with Crippen molar-refractivity contribution in [2.75, 3.05) is 0 Å². The standard InChI is InChI=1S/C30H37N3O5S/c1-3-15-29(18-14-21-10-6-4-7-11-21)20-24(34)25(27(35)38-29)30(16-8-5-9-17-30)28-32-26(39(31,36)37)23(33(28)2)19-22-12-13-22/h4-11,16,22,34H,3,12-15,17-20H2,1-2H3,(H2,31,36,37). The second-order valence-electron chi connectivity index (χ2n) is 11.2. The van der Waals surface area contributed by atoms with Crippen LogP contribution in [0.2, 0.25) is 0 Å². The monoisotopic (exact) mass is 551 g/mol. The fourth-order valence-electron chi connectivity index (χ4n) is 6.15. The van der Waals surface area contributed by atoms with Crippen molar-refractivity contribution < 1.29 is 23.1 Å². The Morgan fingerprint density at radius 3 is 2.51 bits per heavy atom. The number of aliphatic hydroxyl groups excluding tert-OH is 1. The molecule has 1 saturated carbocycles. The maximum atomic E-state index is 13.9. The summed E-state index contributed by atoms with van der Waals surface area (Å²) in [5, 5.41) is 17.0. The third-order valence-corrected chi connectivity index (χ3v) is 9.11. The Kier molecular flexibility index (Phi) is 7.33. The first-order chi connectivity index (χ1) is 18.6. The van der Waals surface area contributed by atoms with Crippen molar-refractivity contribution in [3.63, 3.8) is 0 Å². The highest BCUT2D eigenvalue weighted by molar-refractivity contribution is 7.89. The molecule has 0 radical (unpaired) electrons. The Morgan fingerprint density at radius 1 is 1.18 bits per heavy atom. The third kappa shape index (κ3) is 5.34. The van der Waals surface area contributed by atoms with E-state index < -0.39 is 27.0 Å². The van der Waals surface area contributed by atoms with E-state index in [0.717, 1.165) is 24.8 Å². The highest BCUT2D eigenvalue weighted by atomic mass is 32.2. The van der Waals surface area contributed by atoms with Crippen LogP contribution in [0.1, 0.15) is 69.0 Å². The van der Waals surface area contributed by atoms with Gasteiger partial charge in [0.1, 0.15) is 17.2 Å². The lowest BCUT2D eigenvalue weighted by Crippen LogP contribution is -2.46. The lowest BCUT2D eigenvalue weighted by molar-refractivity contribution is -0.161. The molecular formula is C30H37N3O5S. The number of ether oxygens (including phenoxy) is 1. The molecule has 3 N–H and O–H groups in total. The largest absolute Gasteiger partial charge is 0.512 e. The summed E-state index contributed by atoms with van der Waals surface area (Å²) in [4.78, 5) is 18.5. The topological polar surface area (TPSA) is 125 Å². The van der Waals surface area contributed by atoms with Crippen LogP contribution in [0.5, 0.6) is 0 Å². The van der Waals surface area contributed by atoms with Gasteiger partial charge in [-0.3, -0.25) is 0 Å². The average Bonchev–Trinajstić information content (AvgIpc) is 3.64. The van der Waals surface area contributed by atoms with Crippen LogP contribution in [-0.2, 0) is 44.9 Å². The van der Waals surface area contributed by atoms with Gasteiger partial charge in [-0.2, -0.15) is 0 Å². The van der Waals surface area contributed by atoms with Crippen LogP contribution in [0.3, 0.4) is 0 Å². The maximum Gasteiger partial charge on any atom is 0.339 e. The molecule has 2 aliphatic carbocycles. The number of hydrogen-bond donors (Lipinski definition) is 2. The van der Waals surface area contributed by atoms with Crippen molar-refractivity contribution in [3.8, 4) is 0 Å². The number of nitrogens with zero attached hydrogens (tertiary/aromatic N) is 2. The Hall–Kier alpha value is -3.17. The van der Waals surface area contributed by atoms with Gasteiger partial charge in [0.05, 0.1) is 16.7 Å². The molecular weight excluding hydrogens is 514 g/mol. The number of carbonyl (C=O) groups is 1. The first kappa shape index (κ1) is 27.4. The van der Waals surface area contributed by atoms with Crippen LogP contribution < -0.4 is 5.14 Å². The Labute approximate surface area is 230 Å². The number of aromatic nitrogens is 2. The average molecular weight is 552 g/mol. The van der Waals surface area contributed by atoms with Gasteiger partial charge < -0.3 is 14.4 Å². The zero-order valence-corrected chi connectivity index (χ0v) is 23.4. The molecule has 208 valence electrons. The molecule has 9 heteroatoms. The number of aryl methyl sites for hydroxylation is 1. The molecule has 39 heavy (non-hydrogen) atoms. The number of carbonyl (C=O) groups excluding carboxylic acids is 1. The molecule has 1 fully saturated rings. The molecule has 1 aromatic carbocycles. The molecule has 0 amide bonds. The fraction of sp³-hybridized carbons (Fsp3) is 0.467. The third-order valence-electron chi connectivity index (χ3n) is 8.25. The molecule has 0 spiro atoms. The van der Waals surface area contributed by atoms with Crippen LogP contribution in [0.4, 0.5) is 0 Å². The number of allylic oxidation sites excluding steroid dienone is 4. The van der Waals surface area contributed by atoms with Gasteiger partial charge in [0.2, 0.25) is 0 Å². The Bertz CT molecular complexity index is 1450. The molecule has 8 nitrogen and oxygen atoms in total. The normalized spacial score (nSPS) is 25.3. The molecule has 0 bridgehead atoms. The van der Waals surface area contributed by atoms with E-state index in [4.69, 9.17) is 9.88 Å². The predicted molar refractivity (Wildman–Crippen MR) is 148 cm³/mol. The zero-order valence-electron chi connectivity index (χ0n) is 22.6. The number of rotatable bonds is 10. The van der Waals surface area contributed by atoms with Crippen LogP contribution in [0.15, 0.2) is 71.0 Å². The van der Waals surface area contributed by atoms with E-state index in [1.165, 1.54) is 0 Å². The molecule has 3 aliphatic rings. The lowest BCUT2D eigenvalue weighted by atomic mass is 9.71. The van der Waals surface area contributed by atoms with E-state index in [0.29, 0.717) is 49.5 Å². The number of aliphatic hydroxyl groups is 1. The first-order valence-electron chi connectivity index (χ1n) is 13.7. The minimum Gasteiger partial charge on any atom is -0.512 e. The summed E-state index contributed by atoms with van der Waals surface area (Å²) in [6.45, 7) is 2.04. The number of benzene rings is 1. The van der Waals surface area contributed by atoms with Crippen molar-refractivity contribution in [1.29, 1.82) is 0 Å². The van der Waals surface area contributed by atoms with Gasteiger partial charge in [-0.05, 0) is 56.4 Å². The molecule has 0 saturated heterocycles. The molecule has 5 rings (SSSR count). The molecule has 2 atom stereocenters. The van der Waals surface area contributed by atoms with E-state index in [2.05, 4.69) is 4.98 Å². The Morgan fingerprint density at radius 2 is 1.92 bits per heavy atom. The van der Waals surface area contributed by atoms with Gasteiger partial charge in [-0.15, -0.1) is 0 Å². The minimum atomic E-state index is -4.10. The van der Waals surface area contributed by atoms with Gasteiger partial charge in [0.15, 0.2) is 5.03 Å². The number of sulfonamides is 1. The number of nitrogens with two attached hydrogens (primary N) is 1. The van der Waals surface area contributed by atoms with E-state index in [-0.39, 0.29) is 22.8 Å². The van der Waals surface area contributed by atoms with Gasteiger partial charge in [0, 0.05) is 13.5 Å². The number of imidazole rings is 1. The SMILES string of the molecule is CCCC1(CCc2ccccc2)CC(O)=C(C2(c3nc(S(N)(=O)=O)c(CC4CC4)n3C)C=CC=CC2)C(=O)O1. The number of hydrogen-bond acceptors (Lipinski definition) is 6. The van der Waals surface area contributed by atoms with E-state index >= 15 is 0 Å². The van der Waals surface area contributed by atoms with Gasteiger partial charge in [-0.25, -0.2) is 23.3 Å². The van der Waals surface area contributed by atoms with Crippen LogP contribution in [0.25, 0.3) is 0 Å². The number of primary sulfonamides is 1. The molecule has 2 heterocycles. The summed E-state index contributed by atoms with van der Waals surface area (Å²) in [7, 11) is -2.35. The summed E-state index contributed by atoms with van der Waals surface area (Å²) >= 11 is 0. The molecule has 2 unspecified atom stereocenters. The van der Waals surface area contributed by atoms with Crippen molar-refractivity contribution in [2.45, 2.75) is 80.8 Å². The van der Waals surface area contributed by atoms with Gasteiger partial charge in [-0.1, -0.05) is 68.0 Å². The van der Waals surface area contributed by atoms with Gasteiger partial charge in [0.25, 0.3) is 10.0 Å². The first-order valence-corrected chi connectivity index (χ1v) is 15.3. The minimum absolute atomic E-state index is 0.0309. The van der Waals surface area contributed by atoms with Crippen LogP contribution in [0, 0.1) is 5.92 Å². The zero-order chi connectivity index (χ0) is 27.8. The second-order valence-corrected chi connectivity index (χ2v) is 12.7. The summed E-state index contributed by atoms with van der Waals surface area (Å²) in [6, 6.07) is 10.0. The van der Waals surface area contributed by atoms with Crippen molar-refractivity contribution >= 4 is 16.0 Å². The molecule has 1 aliphatic heterocycles. The van der Waals surface area contributed by atoms with Gasteiger partial charge >= 0.3 is 5.97 Å². The summed E-state index contributed by atoms with van der Waals surface area (Å²) in [5.74, 6) is 0.118. The summed E-state index contributed by atoms with van der Waals surface area (Å²) in [5.41, 5.74) is -0.230. The molecule has 2 aromatic rings. The van der Waals surface area contributed by atoms with Crippen molar-refractivity contribution in [2.24, 2.45) is 18.1 Å². The van der Waals surface area contributed by atoms with Crippen LogP contribution >= 0.6 is 0 Å². The Balaban J connectivity index is 1.58. The van der Waals surface area contributed by atoms with Crippen molar-refractivity contribution in [1.82, 2.24) is 9.55 Å². The number of cyclic esters (lactones) is 1. The number of esters is 1. The second kappa shape index (κ2) is 10.4. The molecule has 1 aromatic heterocycles. The summed E-state index contributed by atoms with van der Waals surface area (Å²) < 4.78 is 33.1. The smallest absolute Gasteiger partial charge is 0.339 e. The highest BCUT2D eigenvalue weighted by Gasteiger charge is 2.51. The lowest BCUT2D eigenvalue weighted by Gasteiger charge is -2.42. The van der Waals surface area contributed by atoms with Crippen LogP contribution in [-0.4, -0.2) is 34.6 Å². The summed E-state index contributed by atoms with van der Waals surface area (Å²) in [6.07, 6.45) is 13.2.